The summed E-state index contributed by atoms with van der Waals surface area (Å²) in [6, 6.07) is 148. The molecule has 0 aliphatic carbocycles. The van der Waals surface area contributed by atoms with Crippen LogP contribution < -0.4 is 4.74 Å². The fraction of sp³-hybridized carbons (Fsp3) is 0. The summed E-state index contributed by atoms with van der Waals surface area (Å²) in [5.41, 5.74) is 23.5. The van der Waals surface area contributed by atoms with E-state index in [0.717, 1.165) is 60.9 Å². The minimum absolute atomic E-state index is 0.913. The molecule has 23 aromatic rings. The van der Waals surface area contributed by atoms with Crippen LogP contribution >= 0.6 is 0 Å². The summed E-state index contributed by atoms with van der Waals surface area (Å²) in [5, 5.41) is 24.7. The minimum atomic E-state index is 0.913. The number of rotatable bonds is 7. The number of hydrogen-bond donors (Lipinski definition) is 0. The van der Waals surface area contributed by atoms with Crippen molar-refractivity contribution in [3.63, 3.8) is 0 Å². The van der Waals surface area contributed by atoms with E-state index in [1.165, 1.54) is 170 Å². The summed E-state index contributed by atoms with van der Waals surface area (Å²) in [6.45, 7) is 0. The topological polar surface area (TPSA) is 35.5 Å². The first kappa shape index (κ1) is 65.2. The van der Waals surface area contributed by atoms with E-state index >= 15 is 0 Å². The number of para-hydroxylation sites is 3. The monoisotopic (exact) mass is 1440 g/mol. The van der Waals surface area contributed by atoms with Crippen molar-refractivity contribution >= 4 is 130 Å². The van der Waals surface area contributed by atoms with E-state index in [2.05, 4.69) is 382 Å². The SMILES string of the molecule is c1ccc(-c2c3ccccc3c(-c3ccc4oc5ccccc5c4c3)c3ccccc23)cc1.c1ccc(-c2ccc3c(-c4ccc5oc6ccccc6c5c4)c4ccccc4c(-c4ccccc4)c3c2)cc1.c1ccc2c(c1)Oc1ccc(-c3c4ccccc4c(-c4cccc5ccccc45)c4ccccc34)c3cccc-2c13. The van der Waals surface area contributed by atoms with Gasteiger partial charge < -0.3 is 13.6 Å². The number of benzene rings is 21. The molecule has 113 heavy (non-hydrogen) atoms. The van der Waals surface area contributed by atoms with Crippen molar-refractivity contribution in [2.45, 2.75) is 0 Å². The molecule has 21 aromatic carbocycles. The molecule has 1 aliphatic rings. The van der Waals surface area contributed by atoms with E-state index in [0.29, 0.717) is 0 Å². The summed E-state index contributed by atoms with van der Waals surface area (Å²) in [5.74, 6) is 1.83. The molecule has 3 nitrogen and oxygen atoms in total. The highest BCUT2D eigenvalue weighted by Crippen LogP contribution is 2.54. The first-order chi connectivity index (χ1) is 56.1. The second-order valence-electron chi connectivity index (χ2n) is 29.4. The summed E-state index contributed by atoms with van der Waals surface area (Å²) in [4.78, 5) is 0. The Morgan fingerprint density at radius 3 is 0.982 bits per heavy atom. The summed E-state index contributed by atoms with van der Waals surface area (Å²) in [7, 11) is 0. The maximum absolute atomic E-state index is 6.43. The first-order valence-corrected chi connectivity index (χ1v) is 38.8. The molecule has 0 saturated carbocycles. The van der Waals surface area contributed by atoms with Crippen LogP contribution in [-0.4, -0.2) is 0 Å². The van der Waals surface area contributed by atoms with E-state index in [9.17, 15) is 0 Å². The molecule has 3 heteroatoms. The first-order valence-electron chi connectivity index (χ1n) is 38.8. The van der Waals surface area contributed by atoms with Crippen molar-refractivity contribution in [1.82, 2.24) is 0 Å². The van der Waals surface area contributed by atoms with Crippen LogP contribution in [0.4, 0.5) is 0 Å². The second kappa shape index (κ2) is 27.0. The Hall–Kier alpha value is -14.9. The molecule has 3 heterocycles. The lowest BCUT2D eigenvalue weighted by Crippen LogP contribution is -1.98. The van der Waals surface area contributed by atoms with Gasteiger partial charge in [0.15, 0.2) is 0 Å². The molecule has 1 aliphatic heterocycles. The smallest absolute Gasteiger partial charge is 0.135 e. The number of fused-ring (bicyclic) bond motifs is 15. The molecule has 0 saturated heterocycles. The van der Waals surface area contributed by atoms with Gasteiger partial charge in [-0.2, -0.15) is 0 Å². The molecule has 0 spiro atoms. The van der Waals surface area contributed by atoms with Gasteiger partial charge in [-0.15, -0.1) is 0 Å². The quantitative estimate of drug-likeness (QED) is 0.149. The molecule has 0 N–H and O–H groups in total. The molecule has 0 amide bonds. The summed E-state index contributed by atoms with van der Waals surface area (Å²) in [6.07, 6.45) is 0. The van der Waals surface area contributed by atoms with Crippen molar-refractivity contribution in [2.24, 2.45) is 0 Å². The third-order valence-electron chi connectivity index (χ3n) is 23.2. The predicted octanol–water partition coefficient (Wildman–Crippen LogP) is 31.5. The lowest BCUT2D eigenvalue weighted by atomic mass is 9.83. The molecule has 0 unspecified atom stereocenters. The van der Waals surface area contributed by atoms with Gasteiger partial charge in [-0.05, 0) is 225 Å². The Bertz CT molecular complexity index is 7640. The zero-order chi connectivity index (χ0) is 74.5. The Morgan fingerprint density at radius 1 is 0.142 bits per heavy atom. The fourth-order valence-corrected chi connectivity index (χ4v) is 18.3. The van der Waals surface area contributed by atoms with Crippen molar-refractivity contribution < 1.29 is 13.6 Å². The van der Waals surface area contributed by atoms with Gasteiger partial charge in [0, 0.05) is 32.5 Å². The second-order valence-corrected chi connectivity index (χ2v) is 29.4. The van der Waals surface area contributed by atoms with E-state index in [1.54, 1.807) is 0 Å². The van der Waals surface area contributed by atoms with Gasteiger partial charge in [-0.1, -0.05) is 352 Å². The Labute approximate surface area is 652 Å². The molecule has 0 atom stereocenters. The third kappa shape index (κ3) is 10.9. The van der Waals surface area contributed by atoms with Gasteiger partial charge in [0.05, 0.1) is 0 Å². The maximum Gasteiger partial charge on any atom is 0.135 e. The van der Waals surface area contributed by atoms with Gasteiger partial charge in [-0.3, -0.25) is 0 Å². The minimum Gasteiger partial charge on any atom is -0.456 e. The van der Waals surface area contributed by atoms with Crippen molar-refractivity contribution in [2.75, 3.05) is 0 Å². The van der Waals surface area contributed by atoms with Gasteiger partial charge >= 0.3 is 0 Å². The molecule has 0 fully saturated rings. The van der Waals surface area contributed by atoms with E-state index < -0.39 is 0 Å². The van der Waals surface area contributed by atoms with E-state index in [4.69, 9.17) is 13.6 Å². The van der Waals surface area contributed by atoms with Crippen LogP contribution in [0.15, 0.2) is 421 Å². The number of furan rings is 2. The number of ether oxygens (including phenoxy) is 1. The van der Waals surface area contributed by atoms with E-state index in [-0.39, 0.29) is 0 Å². The largest absolute Gasteiger partial charge is 0.456 e. The van der Waals surface area contributed by atoms with Crippen LogP contribution in [0.25, 0.3) is 219 Å². The third-order valence-corrected chi connectivity index (χ3v) is 23.2. The Balaban J connectivity index is 0.000000104. The molecule has 526 valence electrons. The highest BCUT2D eigenvalue weighted by atomic mass is 16.5. The van der Waals surface area contributed by atoms with Crippen LogP contribution in [0.3, 0.4) is 0 Å². The highest BCUT2D eigenvalue weighted by Gasteiger charge is 2.26. The zero-order valence-corrected chi connectivity index (χ0v) is 61.5. The number of hydrogen-bond acceptors (Lipinski definition) is 3. The zero-order valence-electron chi connectivity index (χ0n) is 61.5. The van der Waals surface area contributed by atoms with Crippen molar-refractivity contribution in [3.05, 3.63) is 413 Å². The van der Waals surface area contributed by atoms with Gasteiger partial charge in [-0.25, -0.2) is 0 Å². The summed E-state index contributed by atoms with van der Waals surface area (Å²) >= 11 is 0. The lowest BCUT2D eigenvalue weighted by molar-refractivity contribution is 0.487. The lowest BCUT2D eigenvalue weighted by Gasteiger charge is -2.24. The van der Waals surface area contributed by atoms with Crippen molar-refractivity contribution in [3.8, 4) is 101 Å². The van der Waals surface area contributed by atoms with E-state index in [1.807, 2.05) is 30.3 Å². The normalized spacial score (nSPS) is 11.8. The van der Waals surface area contributed by atoms with Crippen LogP contribution in [-0.2, 0) is 0 Å². The summed E-state index contributed by atoms with van der Waals surface area (Å²) < 4.78 is 18.7. The predicted molar refractivity (Wildman–Crippen MR) is 477 cm³/mol. The van der Waals surface area contributed by atoms with Crippen LogP contribution in [0, 0.1) is 0 Å². The van der Waals surface area contributed by atoms with Gasteiger partial charge in [0.1, 0.15) is 33.8 Å². The van der Waals surface area contributed by atoms with Gasteiger partial charge in [0.25, 0.3) is 0 Å². The van der Waals surface area contributed by atoms with Gasteiger partial charge in [0.2, 0.25) is 0 Å². The molecule has 0 radical (unpaired) electrons. The molecular formula is C110H68O3. The van der Waals surface area contributed by atoms with Crippen LogP contribution in [0.1, 0.15) is 0 Å². The molecular weight excluding hydrogens is 1370 g/mol. The Morgan fingerprint density at radius 2 is 0.469 bits per heavy atom. The molecule has 2 aromatic heterocycles. The fourth-order valence-electron chi connectivity index (χ4n) is 18.3. The maximum atomic E-state index is 6.43. The van der Waals surface area contributed by atoms with Crippen molar-refractivity contribution in [1.29, 1.82) is 0 Å². The molecule has 0 bridgehead atoms. The average molecular weight is 1440 g/mol. The van der Waals surface area contributed by atoms with Crippen LogP contribution in [0.2, 0.25) is 0 Å². The van der Waals surface area contributed by atoms with Crippen LogP contribution in [0.5, 0.6) is 11.5 Å². The Kier molecular flexibility index (Phi) is 15.6. The standard InChI is InChI=1S/C40H24O.C38H24O.C32H20O/c1-2-13-26-25(11-1)12-9-19-28(26)38-30-15-3-5-17-32(30)39(33-18-6-4-16-31(33)38)35-23-24-37-40-29(20-10-21-34(35)40)27-14-7-8-22-36(27)41-37;1-3-11-25(12-4-1)27-19-21-32-34(23-27)37(26-13-5-2-6-14-26)30-16-7-8-17-31(30)38(32)28-20-22-36-33(24-28)29-15-9-10-18-35(29)39-36;1-2-10-21(11-3-1)31-24-13-4-6-15-26(24)32(27-16-7-5-14-25(27)31)22-18-19-30-28(20-22)23-12-8-9-17-29(23)33-30/h1-24H;1-24H;1-20H. The highest BCUT2D eigenvalue weighted by molar-refractivity contribution is 6.28. The average Bonchev–Trinajstić information content (AvgIpc) is 1.05. The molecule has 24 rings (SSSR count).